The van der Waals surface area contributed by atoms with Crippen molar-refractivity contribution in [2.75, 3.05) is 10.8 Å². The number of anilines is 1. The van der Waals surface area contributed by atoms with Crippen LogP contribution in [0, 0.1) is 3.57 Å². The number of rotatable bonds is 10. The zero-order chi connectivity index (χ0) is 26.3. The van der Waals surface area contributed by atoms with Crippen molar-refractivity contribution in [3.63, 3.8) is 0 Å². The first-order valence-corrected chi connectivity index (χ1v) is 14.1. The lowest BCUT2D eigenvalue weighted by atomic mass is 10.1. The minimum absolute atomic E-state index is 0.0801. The smallest absolute Gasteiger partial charge is 0.264 e. The van der Waals surface area contributed by atoms with Crippen LogP contribution < -0.4 is 9.62 Å². The lowest BCUT2D eigenvalue weighted by Gasteiger charge is -2.32. The first-order valence-electron chi connectivity index (χ1n) is 11.6. The number of hydrogen-bond acceptors (Lipinski definition) is 4. The number of sulfonamides is 1. The Hall–Kier alpha value is -2.92. The number of carbonyl (C=O) groups excluding carboxylic acids is 2. The predicted octanol–water partition coefficient (Wildman–Crippen LogP) is 4.43. The molecule has 3 rings (SSSR count). The molecular weight excluding hydrogens is 589 g/mol. The Morgan fingerprint density at radius 1 is 0.861 bits per heavy atom. The molecule has 190 valence electrons. The number of nitrogens with one attached hydrogen (secondary N) is 1. The van der Waals surface area contributed by atoms with Gasteiger partial charge in [-0.3, -0.25) is 13.9 Å². The molecule has 0 spiro atoms. The molecule has 7 nitrogen and oxygen atoms in total. The number of carbonyl (C=O) groups is 2. The summed E-state index contributed by atoms with van der Waals surface area (Å²) in [7, 11) is -4.05. The Morgan fingerprint density at radius 2 is 1.42 bits per heavy atom. The van der Waals surface area contributed by atoms with Crippen molar-refractivity contribution in [3.05, 3.63) is 94.1 Å². The fourth-order valence-electron chi connectivity index (χ4n) is 3.62. The van der Waals surface area contributed by atoms with Gasteiger partial charge in [0.2, 0.25) is 11.8 Å². The van der Waals surface area contributed by atoms with Gasteiger partial charge in [0.15, 0.2) is 0 Å². The van der Waals surface area contributed by atoms with Gasteiger partial charge in [-0.1, -0.05) is 48.5 Å². The number of benzene rings is 3. The van der Waals surface area contributed by atoms with Gasteiger partial charge >= 0.3 is 0 Å². The van der Waals surface area contributed by atoms with Crippen LogP contribution in [-0.2, 0) is 26.2 Å². The minimum Gasteiger partial charge on any atom is -0.352 e. The van der Waals surface area contributed by atoms with Crippen molar-refractivity contribution < 1.29 is 18.0 Å². The summed E-state index contributed by atoms with van der Waals surface area (Å²) in [6, 6.07) is 23.3. The maximum Gasteiger partial charge on any atom is 0.264 e. The minimum atomic E-state index is -4.05. The Labute approximate surface area is 226 Å². The molecule has 1 atom stereocenters. The molecule has 0 saturated carbocycles. The summed E-state index contributed by atoms with van der Waals surface area (Å²) >= 11 is 2.14. The third kappa shape index (κ3) is 7.07. The zero-order valence-electron chi connectivity index (χ0n) is 20.5. The summed E-state index contributed by atoms with van der Waals surface area (Å²) in [6.45, 7) is 5.06. The van der Waals surface area contributed by atoms with E-state index in [0.717, 1.165) is 13.4 Å². The number of amides is 2. The highest BCUT2D eigenvalue weighted by Gasteiger charge is 2.32. The van der Waals surface area contributed by atoms with Crippen molar-refractivity contribution in [3.8, 4) is 0 Å². The van der Waals surface area contributed by atoms with Crippen LogP contribution >= 0.6 is 22.6 Å². The molecular formula is C27H30IN3O4S. The van der Waals surface area contributed by atoms with E-state index in [0.29, 0.717) is 5.69 Å². The highest BCUT2D eigenvalue weighted by Crippen LogP contribution is 2.25. The second-order valence-corrected chi connectivity index (χ2v) is 11.8. The predicted molar refractivity (Wildman–Crippen MR) is 150 cm³/mol. The fraction of sp³-hybridized carbons (Fsp3) is 0.259. The van der Waals surface area contributed by atoms with Gasteiger partial charge in [0.25, 0.3) is 10.0 Å². The molecule has 0 radical (unpaired) electrons. The summed E-state index contributed by atoms with van der Waals surface area (Å²) in [5.41, 5.74) is 1.20. The number of nitrogens with zero attached hydrogens (tertiary/aromatic N) is 2. The third-order valence-electron chi connectivity index (χ3n) is 5.52. The van der Waals surface area contributed by atoms with Crippen LogP contribution in [-0.4, -0.2) is 43.8 Å². The topological polar surface area (TPSA) is 86.8 Å². The summed E-state index contributed by atoms with van der Waals surface area (Å²) in [6.07, 6.45) is 0. The monoisotopic (exact) mass is 619 g/mol. The molecule has 0 aliphatic carbocycles. The van der Waals surface area contributed by atoms with Crippen LogP contribution in [0.1, 0.15) is 26.3 Å². The van der Waals surface area contributed by atoms with E-state index < -0.39 is 28.5 Å². The molecule has 2 amide bonds. The van der Waals surface area contributed by atoms with Crippen LogP contribution in [0.4, 0.5) is 5.69 Å². The van der Waals surface area contributed by atoms with Gasteiger partial charge in [-0.25, -0.2) is 8.42 Å². The van der Waals surface area contributed by atoms with Crippen LogP contribution in [0.5, 0.6) is 0 Å². The maximum atomic E-state index is 13.7. The molecule has 1 N–H and O–H groups in total. The van der Waals surface area contributed by atoms with Crippen LogP contribution in [0.15, 0.2) is 89.8 Å². The molecule has 36 heavy (non-hydrogen) atoms. The summed E-state index contributed by atoms with van der Waals surface area (Å²) in [4.78, 5) is 28.1. The van der Waals surface area contributed by atoms with Crippen molar-refractivity contribution in [1.29, 1.82) is 0 Å². The van der Waals surface area contributed by atoms with Crippen LogP contribution in [0.3, 0.4) is 0 Å². The van der Waals surface area contributed by atoms with Gasteiger partial charge in [-0.15, -0.1) is 0 Å². The quantitative estimate of drug-likeness (QED) is 0.341. The van der Waals surface area contributed by atoms with Crippen molar-refractivity contribution in [2.45, 2.75) is 44.3 Å². The highest BCUT2D eigenvalue weighted by atomic mass is 127. The Morgan fingerprint density at radius 3 is 1.97 bits per heavy atom. The van der Waals surface area contributed by atoms with Crippen molar-refractivity contribution in [1.82, 2.24) is 10.2 Å². The van der Waals surface area contributed by atoms with Crippen LogP contribution in [0.2, 0.25) is 0 Å². The van der Waals surface area contributed by atoms with Gasteiger partial charge in [-0.05, 0) is 85.3 Å². The molecule has 0 aromatic heterocycles. The first kappa shape index (κ1) is 27.7. The highest BCUT2D eigenvalue weighted by molar-refractivity contribution is 14.1. The molecule has 3 aromatic carbocycles. The second kappa shape index (κ2) is 12.4. The number of hydrogen-bond donors (Lipinski definition) is 1. The normalized spacial score (nSPS) is 12.1. The van der Waals surface area contributed by atoms with E-state index in [1.165, 1.54) is 17.0 Å². The lowest BCUT2D eigenvalue weighted by molar-refractivity contribution is -0.139. The van der Waals surface area contributed by atoms with Gasteiger partial charge in [0, 0.05) is 16.2 Å². The molecule has 0 aliphatic heterocycles. The molecule has 0 saturated heterocycles. The Bertz CT molecular complexity index is 1270. The van der Waals surface area contributed by atoms with E-state index >= 15 is 0 Å². The van der Waals surface area contributed by atoms with Crippen LogP contribution in [0.25, 0.3) is 0 Å². The molecule has 1 unspecified atom stereocenters. The van der Waals surface area contributed by atoms with Gasteiger partial charge in [-0.2, -0.15) is 0 Å². The molecule has 0 heterocycles. The zero-order valence-corrected chi connectivity index (χ0v) is 23.4. The Balaban J connectivity index is 2.00. The van der Waals surface area contributed by atoms with Gasteiger partial charge < -0.3 is 10.2 Å². The van der Waals surface area contributed by atoms with E-state index in [4.69, 9.17) is 0 Å². The molecule has 0 fully saturated rings. The lowest BCUT2D eigenvalue weighted by Crippen LogP contribution is -2.52. The third-order valence-corrected chi connectivity index (χ3v) is 8.03. The van der Waals surface area contributed by atoms with E-state index in [1.807, 2.05) is 44.2 Å². The Kier molecular flexibility index (Phi) is 9.49. The fourth-order valence-corrected chi connectivity index (χ4v) is 5.42. The number of halogens is 1. The van der Waals surface area contributed by atoms with Crippen molar-refractivity contribution >= 4 is 50.1 Å². The van der Waals surface area contributed by atoms with Gasteiger partial charge in [0.1, 0.15) is 12.6 Å². The van der Waals surface area contributed by atoms with E-state index in [-0.39, 0.29) is 23.4 Å². The first-order chi connectivity index (χ1) is 17.1. The summed E-state index contributed by atoms with van der Waals surface area (Å²) in [5, 5.41) is 2.85. The van der Waals surface area contributed by atoms with E-state index in [2.05, 4.69) is 27.9 Å². The van der Waals surface area contributed by atoms with Crippen molar-refractivity contribution in [2.24, 2.45) is 0 Å². The second-order valence-electron chi connectivity index (χ2n) is 8.65. The molecule has 0 aliphatic rings. The largest absolute Gasteiger partial charge is 0.352 e. The van der Waals surface area contributed by atoms with E-state index in [1.54, 1.807) is 49.4 Å². The standard InChI is InChI=1S/C27H30IN3O4S/c1-20(2)29-27(33)21(3)30(18-22-10-6-4-7-11-22)26(32)19-31(24-16-14-23(28)15-17-24)36(34,35)25-12-8-5-9-13-25/h4-17,20-21H,18-19H2,1-3H3,(H,29,33). The average molecular weight is 620 g/mol. The average Bonchev–Trinajstić information content (AvgIpc) is 2.86. The maximum absolute atomic E-state index is 13.7. The molecule has 3 aromatic rings. The van der Waals surface area contributed by atoms with Gasteiger partial charge in [0.05, 0.1) is 10.6 Å². The summed E-state index contributed by atoms with van der Waals surface area (Å²) in [5.74, 6) is -0.788. The van der Waals surface area contributed by atoms with E-state index in [9.17, 15) is 18.0 Å². The SMILES string of the molecule is CC(C)NC(=O)C(C)N(Cc1ccccc1)C(=O)CN(c1ccc(I)cc1)S(=O)(=O)c1ccccc1. The summed E-state index contributed by atoms with van der Waals surface area (Å²) < 4.78 is 29.4. The molecule has 9 heteroatoms. The molecule has 0 bridgehead atoms.